The average molecular weight is 313 g/mol. The summed E-state index contributed by atoms with van der Waals surface area (Å²) in [6, 6.07) is 9.50. The number of esters is 1. The molecule has 0 aliphatic rings. The van der Waals surface area contributed by atoms with Crippen molar-refractivity contribution in [2.45, 2.75) is 26.9 Å². The first-order valence-corrected chi connectivity index (χ1v) is 7.08. The Morgan fingerprint density at radius 1 is 1.17 bits per heavy atom. The normalized spacial score (nSPS) is 10.7. The highest BCUT2D eigenvalue weighted by atomic mass is 16.6. The summed E-state index contributed by atoms with van der Waals surface area (Å²) in [5, 5.41) is 3.62. The van der Waals surface area contributed by atoms with E-state index in [-0.39, 0.29) is 18.9 Å². The topological polar surface area (TPSA) is 91.2 Å². The van der Waals surface area contributed by atoms with Crippen LogP contribution in [0.5, 0.6) is 0 Å². The first kappa shape index (κ1) is 15.0. The zero-order chi connectivity index (χ0) is 16.2. The summed E-state index contributed by atoms with van der Waals surface area (Å²) in [4.78, 5) is 20.2. The molecule has 0 bridgehead atoms. The van der Waals surface area contributed by atoms with Crippen molar-refractivity contribution in [3.63, 3.8) is 0 Å². The van der Waals surface area contributed by atoms with E-state index in [2.05, 4.69) is 15.1 Å². The lowest BCUT2D eigenvalue weighted by Crippen LogP contribution is -2.09. The summed E-state index contributed by atoms with van der Waals surface area (Å²) in [7, 11) is 0. The van der Waals surface area contributed by atoms with Gasteiger partial charge in [-0.1, -0.05) is 23.4 Å². The van der Waals surface area contributed by atoms with Crippen molar-refractivity contribution in [3.05, 3.63) is 53.5 Å². The third-order valence-corrected chi connectivity index (χ3v) is 3.15. The number of rotatable bonds is 5. The van der Waals surface area contributed by atoms with E-state index in [0.717, 1.165) is 5.56 Å². The molecular weight excluding hydrogens is 298 g/mol. The van der Waals surface area contributed by atoms with E-state index in [0.29, 0.717) is 23.2 Å². The summed E-state index contributed by atoms with van der Waals surface area (Å²) in [5.74, 6) is 1.40. The van der Waals surface area contributed by atoms with Crippen molar-refractivity contribution in [1.29, 1.82) is 0 Å². The molecule has 0 saturated carbocycles. The van der Waals surface area contributed by atoms with Gasteiger partial charge in [0.15, 0.2) is 12.4 Å². The number of hydrogen-bond donors (Lipinski definition) is 0. The van der Waals surface area contributed by atoms with Crippen LogP contribution in [0.2, 0.25) is 0 Å². The highest BCUT2D eigenvalue weighted by Gasteiger charge is 2.16. The molecule has 0 aliphatic carbocycles. The maximum atomic E-state index is 11.9. The lowest BCUT2D eigenvalue weighted by atomic mass is 10.2. The van der Waals surface area contributed by atoms with E-state index in [9.17, 15) is 4.79 Å². The van der Waals surface area contributed by atoms with Crippen LogP contribution >= 0.6 is 0 Å². The molecular formula is C16H15N3O4. The fourth-order valence-corrected chi connectivity index (χ4v) is 2.02. The Morgan fingerprint density at radius 2 is 1.96 bits per heavy atom. The van der Waals surface area contributed by atoms with Gasteiger partial charge in [-0.05, 0) is 26.0 Å². The number of hydrogen-bond acceptors (Lipinski definition) is 7. The molecule has 118 valence electrons. The molecule has 0 saturated heterocycles. The van der Waals surface area contributed by atoms with E-state index in [4.69, 9.17) is 13.7 Å². The smallest absolute Gasteiger partial charge is 0.312 e. The molecule has 1 aromatic carbocycles. The molecule has 7 heteroatoms. The predicted molar refractivity (Wildman–Crippen MR) is 79.2 cm³/mol. The molecule has 0 N–H and O–H groups in total. The number of carbonyl (C=O) groups is 1. The molecule has 3 rings (SSSR count). The molecule has 2 heterocycles. The van der Waals surface area contributed by atoms with Gasteiger partial charge in [-0.25, -0.2) is 4.98 Å². The Kier molecular flexibility index (Phi) is 4.18. The second-order valence-corrected chi connectivity index (χ2v) is 4.96. The summed E-state index contributed by atoms with van der Waals surface area (Å²) in [6.07, 6.45) is 0.0231. The van der Waals surface area contributed by atoms with Gasteiger partial charge in [0.2, 0.25) is 5.89 Å². The largest absolute Gasteiger partial charge is 0.455 e. The van der Waals surface area contributed by atoms with Crippen molar-refractivity contribution in [2.75, 3.05) is 0 Å². The van der Waals surface area contributed by atoms with Gasteiger partial charge >= 0.3 is 5.97 Å². The minimum absolute atomic E-state index is 0.0231. The van der Waals surface area contributed by atoms with Crippen LogP contribution in [0.4, 0.5) is 0 Å². The molecule has 0 fully saturated rings. The van der Waals surface area contributed by atoms with Gasteiger partial charge in [0, 0.05) is 5.56 Å². The number of benzene rings is 1. The Labute approximate surface area is 132 Å². The summed E-state index contributed by atoms with van der Waals surface area (Å²) >= 11 is 0. The van der Waals surface area contributed by atoms with Crippen molar-refractivity contribution in [1.82, 2.24) is 15.1 Å². The fraction of sp³-hybridized carbons (Fsp3) is 0.250. The molecule has 0 atom stereocenters. The molecule has 23 heavy (non-hydrogen) atoms. The van der Waals surface area contributed by atoms with Crippen LogP contribution in [0, 0.1) is 13.8 Å². The van der Waals surface area contributed by atoms with Gasteiger partial charge in [-0.2, -0.15) is 4.98 Å². The van der Waals surface area contributed by atoms with Gasteiger partial charge in [0.05, 0.1) is 12.1 Å². The lowest BCUT2D eigenvalue weighted by Gasteiger charge is -1.99. The number of ether oxygens (including phenoxy) is 1. The standard InChI is InChI=1S/C16H15N3O4/c1-10-13(18-16(22-10)12-6-4-3-5-7-12)8-15(20)21-9-14-17-11(2)19-23-14/h3-7H,8-9H2,1-2H3. The molecule has 7 nitrogen and oxygen atoms in total. The molecule has 0 spiro atoms. The van der Waals surface area contributed by atoms with E-state index in [1.807, 2.05) is 30.3 Å². The van der Waals surface area contributed by atoms with Crippen LogP contribution in [-0.2, 0) is 22.6 Å². The summed E-state index contributed by atoms with van der Waals surface area (Å²) in [5.41, 5.74) is 1.41. The third kappa shape index (κ3) is 3.63. The minimum atomic E-state index is -0.433. The number of nitrogens with zero attached hydrogens (tertiary/aromatic N) is 3. The lowest BCUT2D eigenvalue weighted by molar-refractivity contribution is -0.145. The highest BCUT2D eigenvalue weighted by Crippen LogP contribution is 2.21. The Bertz CT molecular complexity index is 808. The molecule has 0 amide bonds. The van der Waals surface area contributed by atoms with Crippen LogP contribution in [0.25, 0.3) is 11.5 Å². The first-order valence-electron chi connectivity index (χ1n) is 7.08. The fourth-order valence-electron chi connectivity index (χ4n) is 2.02. The second kappa shape index (κ2) is 6.43. The third-order valence-electron chi connectivity index (χ3n) is 3.15. The SMILES string of the molecule is Cc1noc(COC(=O)Cc2nc(-c3ccccc3)oc2C)n1. The number of oxazole rings is 1. The molecule has 3 aromatic rings. The van der Waals surface area contributed by atoms with Gasteiger partial charge in [-0.15, -0.1) is 0 Å². The maximum Gasteiger partial charge on any atom is 0.312 e. The van der Waals surface area contributed by atoms with Crippen LogP contribution in [0.1, 0.15) is 23.2 Å². The zero-order valence-corrected chi connectivity index (χ0v) is 12.8. The van der Waals surface area contributed by atoms with Crippen molar-refractivity contribution >= 4 is 5.97 Å². The maximum absolute atomic E-state index is 11.9. The molecule has 0 unspecified atom stereocenters. The minimum Gasteiger partial charge on any atom is -0.455 e. The summed E-state index contributed by atoms with van der Waals surface area (Å²) in [6.45, 7) is 3.41. The molecule has 2 aromatic heterocycles. The molecule has 0 radical (unpaired) electrons. The number of aryl methyl sites for hydroxylation is 2. The number of aromatic nitrogens is 3. The summed E-state index contributed by atoms with van der Waals surface area (Å²) < 4.78 is 15.6. The van der Waals surface area contributed by atoms with Crippen LogP contribution in [-0.4, -0.2) is 21.1 Å². The monoisotopic (exact) mass is 313 g/mol. The Balaban J connectivity index is 1.63. The zero-order valence-electron chi connectivity index (χ0n) is 12.8. The van der Waals surface area contributed by atoms with Crippen molar-refractivity contribution in [2.24, 2.45) is 0 Å². The first-order chi connectivity index (χ1) is 11.1. The Morgan fingerprint density at radius 3 is 2.65 bits per heavy atom. The second-order valence-electron chi connectivity index (χ2n) is 4.96. The van der Waals surface area contributed by atoms with Gasteiger partial charge in [0.25, 0.3) is 5.89 Å². The van der Waals surface area contributed by atoms with Gasteiger partial charge in [0.1, 0.15) is 5.76 Å². The van der Waals surface area contributed by atoms with Crippen LogP contribution < -0.4 is 0 Å². The van der Waals surface area contributed by atoms with E-state index in [1.54, 1.807) is 13.8 Å². The van der Waals surface area contributed by atoms with E-state index < -0.39 is 5.97 Å². The van der Waals surface area contributed by atoms with Crippen LogP contribution in [0.3, 0.4) is 0 Å². The highest BCUT2D eigenvalue weighted by molar-refractivity contribution is 5.72. The van der Waals surface area contributed by atoms with Crippen molar-refractivity contribution in [3.8, 4) is 11.5 Å². The molecule has 0 aliphatic heterocycles. The van der Waals surface area contributed by atoms with Gasteiger partial charge in [-0.3, -0.25) is 4.79 Å². The quantitative estimate of drug-likeness (QED) is 0.668. The van der Waals surface area contributed by atoms with Crippen molar-refractivity contribution < 1.29 is 18.5 Å². The van der Waals surface area contributed by atoms with Crippen LogP contribution in [0.15, 0.2) is 39.3 Å². The Hall–Kier alpha value is -2.96. The number of carbonyl (C=O) groups excluding carboxylic acids is 1. The predicted octanol–water partition coefficient (Wildman–Crippen LogP) is 2.63. The van der Waals surface area contributed by atoms with E-state index in [1.165, 1.54) is 0 Å². The van der Waals surface area contributed by atoms with Gasteiger partial charge < -0.3 is 13.7 Å². The average Bonchev–Trinajstić information content (AvgIpc) is 3.13. The van der Waals surface area contributed by atoms with E-state index >= 15 is 0 Å².